The average molecular weight is 296 g/mol. The lowest BCUT2D eigenvalue weighted by Gasteiger charge is -2.34. The minimum absolute atomic E-state index is 0.0447. The SMILES string of the molecule is CN1C(=S)SC(C)(C)[C@H]1N(O)C=C1C=CC(=O)C=C1. The lowest BCUT2D eigenvalue weighted by atomic mass is 10.1. The molecule has 1 heterocycles. The molecule has 0 aromatic carbocycles. The fourth-order valence-corrected chi connectivity index (χ4v) is 4.00. The van der Waals surface area contributed by atoms with Crippen molar-refractivity contribution in [1.29, 1.82) is 0 Å². The van der Waals surface area contributed by atoms with Gasteiger partial charge in [0.25, 0.3) is 0 Å². The number of allylic oxidation sites excluding steroid dienone is 5. The molecule has 1 aliphatic carbocycles. The fourth-order valence-electron chi connectivity index (χ4n) is 2.19. The van der Waals surface area contributed by atoms with Crippen LogP contribution in [0.3, 0.4) is 0 Å². The van der Waals surface area contributed by atoms with Crippen LogP contribution in [0.15, 0.2) is 36.1 Å². The normalized spacial score (nSPS) is 25.2. The van der Waals surface area contributed by atoms with Crippen molar-refractivity contribution in [3.05, 3.63) is 36.1 Å². The van der Waals surface area contributed by atoms with Gasteiger partial charge in [0.1, 0.15) is 10.5 Å². The third kappa shape index (κ3) is 2.91. The van der Waals surface area contributed by atoms with Gasteiger partial charge in [-0.25, -0.2) is 5.06 Å². The minimum atomic E-state index is -0.239. The van der Waals surface area contributed by atoms with Gasteiger partial charge in [-0.3, -0.25) is 10.0 Å². The summed E-state index contributed by atoms with van der Waals surface area (Å²) < 4.78 is 0.549. The van der Waals surface area contributed by atoms with Gasteiger partial charge in [0.05, 0.1) is 4.75 Å². The van der Waals surface area contributed by atoms with Crippen molar-refractivity contribution in [3.63, 3.8) is 0 Å². The minimum Gasteiger partial charge on any atom is -0.337 e. The first-order valence-corrected chi connectivity index (χ1v) is 7.09. The molecule has 19 heavy (non-hydrogen) atoms. The molecule has 1 N–H and O–H groups in total. The zero-order chi connectivity index (χ0) is 14.2. The number of ketones is 1. The van der Waals surface area contributed by atoms with Gasteiger partial charge in [-0.15, -0.1) is 0 Å². The number of hydrogen-bond acceptors (Lipinski definition) is 5. The van der Waals surface area contributed by atoms with Gasteiger partial charge in [-0.2, -0.15) is 0 Å². The van der Waals surface area contributed by atoms with E-state index in [4.69, 9.17) is 12.2 Å². The second-order valence-electron chi connectivity index (χ2n) is 5.03. The summed E-state index contributed by atoms with van der Waals surface area (Å²) in [6.45, 7) is 4.08. The third-order valence-corrected chi connectivity index (χ3v) is 4.78. The number of hydroxylamine groups is 2. The van der Waals surface area contributed by atoms with E-state index in [-0.39, 0.29) is 16.7 Å². The fraction of sp³-hybridized carbons (Fsp3) is 0.385. The highest BCUT2D eigenvalue weighted by Crippen LogP contribution is 2.41. The number of thiocarbonyl (C=S) groups is 1. The van der Waals surface area contributed by atoms with Crippen LogP contribution >= 0.6 is 24.0 Å². The van der Waals surface area contributed by atoms with Gasteiger partial charge in [0.2, 0.25) is 0 Å². The van der Waals surface area contributed by atoms with Crippen LogP contribution in [-0.4, -0.2) is 43.2 Å². The molecular weight excluding hydrogens is 280 g/mol. The summed E-state index contributed by atoms with van der Waals surface area (Å²) in [5, 5.41) is 11.4. The molecule has 6 heteroatoms. The zero-order valence-corrected chi connectivity index (χ0v) is 12.7. The number of nitrogens with zero attached hydrogens (tertiary/aromatic N) is 2. The Balaban J connectivity index is 2.20. The van der Waals surface area contributed by atoms with E-state index in [1.807, 2.05) is 25.8 Å². The van der Waals surface area contributed by atoms with E-state index in [9.17, 15) is 10.0 Å². The second-order valence-corrected chi connectivity index (χ2v) is 7.32. The largest absolute Gasteiger partial charge is 0.337 e. The summed E-state index contributed by atoms with van der Waals surface area (Å²) in [7, 11) is 1.87. The molecule has 0 unspecified atom stereocenters. The van der Waals surface area contributed by atoms with E-state index in [0.29, 0.717) is 0 Å². The molecule has 0 bridgehead atoms. The number of hydrogen-bond donors (Lipinski definition) is 1. The number of carbonyl (C=O) groups excluding carboxylic acids is 1. The quantitative estimate of drug-likeness (QED) is 0.623. The molecule has 4 nitrogen and oxygen atoms in total. The maximum absolute atomic E-state index is 11.0. The predicted molar refractivity (Wildman–Crippen MR) is 80.8 cm³/mol. The number of carbonyl (C=O) groups is 1. The van der Waals surface area contributed by atoms with Gasteiger partial charge in [-0.1, -0.05) is 24.0 Å². The van der Waals surface area contributed by atoms with Crippen LogP contribution in [-0.2, 0) is 4.79 Å². The molecule has 1 aliphatic heterocycles. The third-order valence-electron chi connectivity index (χ3n) is 3.04. The highest BCUT2D eigenvalue weighted by Gasteiger charge is 2.45. The van der Waals surface area contributed by atoms with E-state index >= 15 is 0 Å². The van der Waals surface area contributed by atoms with E-state index in [0.717, 1.165) is 15.0 Å². The number of rotatable bonds is 2. The molecule has 2 aliphatic rings. The monoisotopic (exact) mass is 296 g/mol. The smallest absolute Gasteiger partial charge is 0.178 e. The molecule has 0 aromatic heterocycles. The Morgan fingerprint density at radius 2 is 2.00 bits per heavy atom. The molecule has 1 fully saturated rings. The summed E-state index contributed by atoms with van der Waals surface area (Å²) in [5.41, 5.74) is 0.772. The first-order valence-electron chi connectivity index (χ1n) is 5.86. The van der Waals surface area contributed by atoms with Gasteiger partial charge in [0, 0.05) is 13.2 Å². The number of thioether (sulfide) groups is 1. The molecule has 0 radical (unpaired) electrons. The van der Waals surface area contributed by atoms with E-state index < -0.39 is 0 Å². The molecule has 102 valence electrons. The van der Waals surface area contributed by atoms with Crippen molar-refractivity contribution in [2.75, 3.05) is 7.05 Å². The molecule has 0 aromatic rings. The van der Waals surface area contributed by atoms with Crippen molar-refractivity contribution in [3.8, 4) is 0 Å². The highest BCUT2D eigenvalue weighted by molar-refractivity contribution is 8.24. The Morgan fingerprint density at radius 1 is 1.42 bits per heavy atom. The summed E-state index contributed by atoms with van der Waals surface area (Å²) in [6, 6.07) is 0. The lowest BCUT2D eigenvalue weighted by Crippen LogP contribution is -2.48. The van der Waals surface area contributed by atoms with Gasteiger partial charge in [-0.05, 0) is 43.7 Å². The Hall–Kier alpha value is -1.11. The van der Waals surface area contributed by atoms with Crippen molar-refractivity contribution >= 4 is 34.1 Å². The zero-order valence-electron chi connectivity index (χ0n) is 11.0. The molecule has 1 saturated heterocycles. The predicted octanol–water partition coefficient (Wildman–Crippen LogP) is 2.32. The average Bonchev–Trinajstić information content (AvgIpc) is 2.51. The molecule has 0 amide bonds. The summed E-state index contributed by atoms with van der Waals surface area (Å²) in [4.78, 5) is 12.9. The van der Waals surface area contributed by atoms with Crippen LogP contribution in [0.1, 0.15) is 13.8 Å². The highest BCUT2D eigenvalue weighted by atomic mass is 32.2. The molecule has 0 saturated carbocycles. The summed E-state index contributed by atoms with van der Waals surface area (Å²) >= 11 is 6.83. The first kappa shape index (κ1) is 14.3. The van der Waals surface area contributed by atoms with Crippen molar-refractivity contribution in [2.45, 2.75) is 24.8 Å². The van der Waals surface area contributed by atoms with Crippen LogP contribution in [0.4, 0.5) is 0 Å². The Kier molecular flexibility index (Phi) is 3.85. The van der Waals surface area contributed by atoms with Crippen molar-refractivity contribution < 1.29 is 10.0 Å². The Bertz CT molecular complexity index is 491. The molecule has 1 atom stereocenters. The van der Waals surface area contributed by atoms with Crippen LogP contribution in [0.2, 0.25) is 0 Å². The van der Waals surface area contributed by atoms with Gasteiger partial charge < -0.3 is 4.90 Å². The standard InChI is InChI=1S/C13H16N2O2S2/c1-13(2)11(14(3)12(18)19-13)15(17)8-9-4-6-10(16)7-5-9/h4-8,11,17H,1-3H3/t11-/m1/s1. The van der Waals surface area contributed by atoms with Crippen LogP contribution < -0.4 is 0 Å². The maximum atomic E-state index is 11.0. The first-order chi connectivity index (χ1) is 8.81. The van der Waals surface area contributed by atoms with Crippen LogP contribution in [0.25, 0.3) is 0 Å². The second kappa shape index (κ2) is 5.11. The Labute approximate surface area is 122 Å². The Morgan fingerprint density at radius 3 is 2.47 bits per heavy atom. The molecule has 2 rings (SSSR count). The summed E-state index contributed by atoms with van der Waals surface area (Å²) in [5.74, 6) is -0.0447. The summed E-state index contributed by atoms with van der Waals surface area (Å²) in [6.07, 6.45) is 7.68. The van der Waals surface area contributed by atoms with Gasteiger partial charge in [0.15, 0.2) is 5.78 Å². The van der Waals surface area contributed by atoms with E-state index in [1.54, 1.807) is 30.1 Å². The van der Waals surface area contributed by atoms with Crippen LogP contribution in [0.5, 0.6) is 0 Å². The van der Waals surface area contributed by atoms with Crippen LogP contribution in [0, 0.1) is 0 Å². The van der Waals surface area contributed by atoms with Crippen molar-refractivity contribution in [2.24, 2.45) is 0 Å². The van der Waals surface area contributed by atoms with Crippen molar-refractivity contribution in [1.82, 2.24) is 9.96 Å². The molecular formula is C13H16N2O2S2. The van der Waals surface area contributed by atoms with E-state index in [2.05, 4.69) is 0 Å². The lowest BCUT2D eigenvalue weighted by molar-refractivity contribution is -0.118. The maximum Gasteiger partial charge on any atom is 0.178 e. The molecule has 0 spiro atoms. The van der Waals surface area contributed by atoms with E-state index in [1.165, 1.54) is 12.2 Å². The van der Waals surface area contributed by atoms with Gasteiger partial charge >= 0.3 is 0 Å². The topological polar surface area (TPSA) is 43.8 Å².